The monoisotopic (exact) mass is 364 g/mol. The van der Waals surface area contributed by atoms with Crippen molar-refractivity contribution in [2.24, 2.45) is 0 Å². The number of nitrogens with zero attached hydrogens (tertiary/aromatic N) is 1. The minimum Gasteiger partial charge on any atom is -0.348 e. The van der Waals surface area contributed by atoms with Gasteiger partial charge in [-0.25, -0.2) is 13.2 Å². The molecular formula is C21H11F3N2O. The van der Waals surface area contributed by atoms with Crippen LogP contribution in [-0.2, 0) is 6.54 Å². The number of benzene rings is 3. The number of hydrogen-bond donors (Lipinski definition) is 1. The highest BCUT2D eigenvalue weighted by Gasteiger charge is 2.24. The first-order valence-electron chi connectivity index (χ1n) is 8.09. The number of fused-ring (bicyclic) bond motifs is 1. The van der Waals surface area contributed by atoms with Gasteiger partial charge in [0.1, 0.15) is 23.5 Å². The molecule has 1 amide bonds. The Balaban J connectivity index is 2.05. The van der Waals surface area contributed by atoms with E-state index in [2.05, 4.69) is 5.32 Å². The predicted octanol–water partition coefficient (Wildman–Crippen LogP) is 4.55. The number of rotatable bonds is 2. The van der Waals surface area contributed by atoms with Gasteiger partial charge >= 0.3 is 0 Å². The maximum absolute atomic E-state index is 14.8. The van der Waals surface area contributed by atoms with Gasteiger partial charge in [0.25, 0.3) is 5.91 Å². The molecule has 1 N–H and O–H groups in total. The van der Waals surface area contributed by atoms with E-state index in [9.17, 15) is 18.0 Å². The molecule has 6 heteroatoms. The Morgan fingerprint density at radius 2 is 1.67 bits per heavy atom. The van der Waals surface area contributed by atoms with Crippen LogP contribution in [0.2, 0.25) is 0 Å². The van der Waals surface area contributed by atoms with Crippen LogP contribution in [0.4, 0.5) is 13.2 Å². The van der Waals surface area contributed by atoms with E-state index in [-0.39, 0.29) is 34.7 Å². The minimum absolute atomic E-state index is 0.0376. The Hall–Kier alpha value is -3.59. The molecular weight excluding hydrogens is 353 g/mol. The molecule has 0 aromatic heterocycles. The van der Waals surface area contributed by atoms with Gasteiger partial charge in [-0.1, -0.05) is 12.1 Å². The van der Waals surface area contributed by atoms with Crippen molar-refractivity contribution in [2.75, 3.05) is 0 Å². The third-order valence-corrected chi connectivity index (χ3v) is 4.56. The molecule has 132 valence electrons. The van der Waals surface area contributed by atoms with Gasteiger partial charge in [-0.2, -0.15) is 5.26 Å². The summed E-state index contributed by atoms with van der Waals surface area (Å²) in [6.07, 6.45) is 0. The largest absolute Gasteiger partial charge is 0.348 e. The molecule has 1 aliphatic heterocycles. The zero-order chi connectivity index (χ0) is 19.1. The van der Waals surface area contributed by atoms with Gasteiger partial charge in [-0.15, -0.1) is 0 Å². The summed E-state index contributed by atoms with van der Waals surface area (Å²) in [6, 6.07) is 12.3. The van der Waals surface area contributed by atoms with Crippen LogP contribution >= 0.6 is 0 Å². The summed E-state index contributed by atoms with van der Waals surface area (Å²) in [5.41, 5.74) is 1.57. The number of nitriles is 1. The fourth-order valence-electron chi connectivity index (χ4n) is 3.25. The van der Waals surface area contributed by atoms with Crippen molar-refractivity contribution < 1.29 is 18.0 Å². The van der Waals surface area contributed by atoms with E-state index in [0.717, 1.165) is 12.1 Å². The fourth-order valence-corrected chi connectivity index (χ4v) is 3.25. The van der Waals surface area contributed by atoms with Crippen LogP contribution in [0.1, 0.15) is 21.5 Å². The van der Waals surface area contributed by atoms with E-state index in [1.807, 2.05) is 0 Å². The number of nitrogens with one attached hydrogen (secondary N) is 1. The number of amides is 1. The molecule has 0 atom stereocenters. The molecule has 0 spiro atoms. The molecule has 0 saturated heterocycles. The molecule has 0 fully saturated rings. The first-order valence-corrected chi connectivity index (χ1v) is 8.09. The molecule has 0 aliphatic carbocycles. The van der Waals surface area contributed by atoms with E-state index in [0.29, 0.717) is 16.7 Å². The van der Waals surface area contributed by atoms with Crippen molar-refractivity contribution in [1.82, 2.24) is 5.32 Å². The predicted molar refractivity (Wildman–Crippen MR) is 93.1 cm³/mol. The standard InChI is InChI=1S/C21H11F3N2O/c22-13-4-5-14(19(23)7-13)18-8-16-12(10-26-21(16)27)6-17(18)15-3-1-2-11(9-25)20(15)24/h1-8H,10H2,(H,26,27). The molecule has 0 unspecified atom stereocenters. The fraction of sp³-hybridized carbons (Fsp3) is 0.0476. The van der Waals surface area contributed by atoms with Crippen LogP contribution in [0.5, 0.6) is 0 Å². The maximum atomic E-state index is 14.8. The summed E-state index contributed by atoms with van der Waals surface area (Å²) in [5, 5.41) is 11.8. The lowest BCUT2D eigenvalue weighted by Crippen LogP contribution is -2.12. The lowest BCUT2D eigenvalue weighted by molar-refractivity contribution is 0.0966. The molecule has 0 saturated carbocycles. The van der Waals surface area contributed by atoms with Crippen LogP contribution < -0.4 is 5.32 Å². The van der Waals surface area contributed by atoms with Crippen LogP contribution in [-0.4, -0.2) is 5.91 Å². The SMILES string of the molecule is N#Cc1cccc(-c2cc3c(cc2-c2ccc(F)cc2F)C(=O)NC3)c1F. The van der Waals surface area contributed by atoms with Crippen molar-refractivity contribution in [1.29, 1.82) is 5.26 Å². The molecule has 1 heterocycles. The molecule has 1 aliphatic rings. The van der Waals surface area contributed by atoms with Gasteiger partial charge in [0.2, 0.25) is 0 Å². The molecule has 3 nitrogen and oxygen atoms in total. The van der Waals surface area contributed by atoms with Crippen LogP contribution in [0, 0.1) is 28.8 Å². The summed E-state index contributed by atoms with van der Waals surface area (Å²) in [6.45, 7) is 0.271. The van der Waals surface area contributed by atoms with E-state index in [1.54, 1.807) is 12.1 Å². The van der Waals surface area contributed by atoms with Crippen molar-refractivity contribution in [3.05, 3.63) is 82.7 Å². The Bertz CT molecular complexity index is 1150. The Labute approximate surface area is 152 Å². The normalized spacial score (nSPS) is 12.4. The maximum Gasteiger partial charge on any atom is 0.251 e. The zero-order valence-electron chi connectivity index (χ0n) is 13.8. The van der Waals surface area contributed by atoms with E-state index < -0.39 is 17.5 Å². The highest BCUT2D eigenvalue weighted by molar-refractivity contribution is 6.01. The average molecular weight is 364 g/mol. The second-order valence-corrected chi connectivity index (χ2v) is 6.14. The van der Waals surface area contributed by atoms with E-state index in [4.69, 9.17) is 5.26 Å². The van der Waals surface area contributed by atoms with Gasteiger partial charge in [-0.3, -0.25) is 4.79 Å². The van der Waals surface area contributed by atoms with Gasteiger partial charge in [-0.05, 0) is 47.0 Å². The molecule has 27 heavy (non-hydrogen) atoms. The van der Waals surface area contributed by atoms with Crippen molar-refractivity contribution in [3.63, 3.8) is 0 Å². The van der Waals surface area contributed by atoms with Crippen LogP contribution in [0.25, 0.3) is 22.3 Å². The Kier molecular flexibility index (Phi) is 3.93. The van der Waals surface area contributed by atoms with Crippen LogP contribution in [0.15, 0.2) is 48.5 Å². The lowest BCUT2D eigenvalue weighted by atomic mass is 9.89. The third kappa shape index (κ3) is 2.74. The summed E-state index contributed by atoms with van der Waals surface area (Å²) in [4.78, 5) is 12.0. The molecule has 3 aromatic rings. The van der Waals surface area contributed by atoms with E-state index >= 15 is 0 Å². The number of halogens is 3. The molecule has 0 radical (unpaired) electrons. The summed E-state index contributed by atoms with van der Waals surface area (Å²) >= 11 is 0. The van der Waals surface area contributed by atoms with Gasteiger partial charge < -0.3 is 5.32 Å². The Morgan fingerprint density at radius 3 is 2.41 bits per heavy atom. The van der Waals surface area contributed by atoms with Gasteiger partial charge in [0, 0.05) is 29.3 Å². The minimum atomic E-state index is -0.827. The summed E-state index contributed by atoms with van der Waals surface area (Å²) < 4.78 is 42.6. The van der Waals surface area contributed by atoms with Crippen molar-refractivity contribution in [2.45, 2.75) is 6.54 Å². The summed E-state index contributed by atoms with van der Waals surface area (Å²) in [7, 11) is 0. The molecule has 0 bridgehead atoms. The van der Waals surface area contributed by atoms with Gasteiger partial charge in [0.15, 0.2) is 0 Å². The van der Waals surface area contributed by atoms with Crippen LogP contribution in [0.3, 0.4) is 0 Å². The number of carbonyl (C=O) groups excluding carboxylic acids is 1. The molecule has 4 rings (SSSR count). The topological polar surface area (TPSA) is 52.9 Å². The Morgan fingerprint density at radius 1 is 0.889 bits per heavy atom. The zero-order valence-corrected chi connectivity index (χ0v) is 13.8. The first kappa shape index (κ1) is 16.9. The number of hydrogen-bond acceptors (Lipinski definition) is 2. The molecule has 3 aromatic carbocycles. The summed E-state index contributed by atoms with van der Waals surface area (Å²) in [5.74, 6) is -2.62. The highest BCUT2D eigenvalue weighted by atomic mass is 19.1. The smallest absolute Gasteiger partial charge is 0.251 e. The van der Waals surface area contributed by atoms with Crippen molar-refractivity contribution in [3.8, 4) is 28.3 Å². The average Bonchev–Trinajstić information content (AvgIpc) is 3.01. The quantitative estimate of drug-likeness (QED) is 0.725. The lowest BCUT2D eigenvalue weighted by Gasteiger charge is -2.14. The van der Waals surface area contributed by atoms with Crippen molar-refractivity contribution >= 4 is 5.91 Å². The van der Waals surface area contributed by atoms with E-state index in [1.165, 1.54) is 30.3 Å². The number of carbonyl (C=O) groups is 1. The second kappa shape index (κ2) is 6.29. The van der Waals surface area contributed by atoms with Gasteiger partial charge in [0.05, 0.1) is 5.56 Å². The second-order valence-electron chi connectivity index (χ2n) is 6.14. The highest BCUT2D eigenvalue weighted by Crippen LogP contribution is 2.38. The first-order chi connectivity index (χ1) is 13.0. The third-order valence-electron chi connectivity index (χ3n) is 4.56.